The van der Waals surface area contributed by atoms with Gasteiger partial charge in [0.05, 0.1) is 24.1 Å². The average Bonchev–Trinajstić information content (AvgIpc) is 3.13. The minimum absolute atomic E-state index is 0.154. The summed E-state index contributed by atoms with van der Waals surface area (Å²) in [6, 6.07) is 6.14. The van der Waals surface area contributed by atoms with Gasteiger partial charge in [0.2, 0.25) is 0 Å². The van der Waals surface area contributed by atoms with Crippen LogP contribution >= 0.6 is 0 Å². The molecular weight excluding hydrogens is 330 g/mol. The van der Waals surface area contributed by atoms with Crippen LogP contribution in [0.25, 0.3) is 16.7 Å². The summed E-state index contributed by atoms with van der Waals surface area (Å²) in [5.41, 5.74) is 4.33. The Hall–Kier alpha value is -3.22. The summed E-state index contributed by atoms with van der Waals surface area (Å²) in [5, 5.41) is 4.86. The molecule has 1 aromatic carbocycles. The molecule has 4 aromatic rings. The molecule has 0 aliphatic carbocycles. The fourth-order valence-corrected chi connectivity index (χ4v) is 3.20. The lowest BCUT2D eigenvalue weighted by molar-refractivity contribution is 0.458. The van der Waals surface area contributed by atoms with Gasteiger partial charge in [-0.3, -0.25) is 9.36 Å². The van der Waals surface area contributed by atoms with E-state index in [9.17, 15) is 4.79 Å². The Balaban J connectivity index is 1.80. The number of hydrogen-bond donors (Lipinski definition) is 0. The Labute approximate surface area is 149 Å². The van der Waals surface area contributed by atoms with Crippen LogP contribution in [0.3, 0.4) is 0 Å². The van der Waals surface area contributed by atoms with Crippen molar-refractivity contribution in [3.05, 3.63) is 69.5 Å². The molecule has 0 saturated heterocycles. The number of hydrogen-bond acceptors (Lipinski definition) is 5. The quantitative estimate of drug-likeness (QED) is 0.568. The second-order valence-electron chi connectivity index (χ2n) is 6.56. The maximum absolute atomic E-state index is 12.8. The zero-order valence-corrected chi connectivity index (χ0v) is 15.1. The molecule has 26 heavy (non-hydrogen) atoms. The van der Waals surface area contributed by atoms with E-state index in [2.05, 4.69) is 21.1 Å². The van der Waals surface area contributed by atoms with Gasteiger partial charge < -0.3 is 4.42 Å². The van der Waals surface area contributed by atoms with E-state index in [-0.39, 0.29) is 5.56 Å². The van der Waals surface area contributed by atoms with Crippen molar-refractivity contribution in [2.45, 2.75) is 34.2 Å². The Morgan fingerprint density at radius 1 is 1.08 bits per heavy atom. The van der Waals surface area contributed by atoms with Gasteiger partial charge in [0.25, 0.3) is 5.56 Å². The SMILES string of the molecule is Cc1cc(C)cc(-n2ncc3c(=O)n(Cc4oc(C)nc4C)cnc32)c1. The van der Waals surface area contributed by atoms with E-state index in [1.807, 2.05) is 32.9 Å². The molecule has 0 aliphatic heterocycles. The van der Waals surface area contributed by atoms with E-state index in [4.69, 9.17) is 4.42 Å². The third-order valence-electron chi connectivity index (χ3n) is 4.32. The van der Waals surface area contributed by atoms with Crippen LogP contribution in [0.1, 0.15) is 28.5 Å². The van der Waals surface area contributed by atoms with E-state index < -0.39 is 0 Å². The van der Waals surface area contributed by atoms with Crippen molar-refractivity contribution >= 4 is 11.0 Å². The molecule has 132 valence electrons. The van der Waals surface area contributed by atoms with Crippen LogP contribution in [0, 0.1) is 27.7 Å². The Kier molecular flexibility index (Phi) is 3.72. The summed E-state index contributed by atoms with van der Waals surface area (Å²) in [4.78, 5) is 21.5. The molecule has 0 unspecified atom stereocenters. The van der Waals surface area contributed by atoms with Gasteiger partial charge in [0.15, 0.2) is 11.5 Å². The van der Waals surface area contributed by atoms with Crippen LogP contribution in [0.15, 0.2) is 39.9 Å². The number of aryl methyl sites for hydroxylation is 4. The van der Waals surface area contributed by atoms with Crippen molar-refractivity contribution in [3.8, 4) is 5.69 Å². The number of rotatable bonds is 3. The smallest absolute Gasteiger partial charge is 0.264 e. The normalized spacial score (nSPS) is 11.4. The van der Waals surface area contributed by atoms with Gasteiger partial charge in [-0.2, -0.15) is 5.10 Å². The Morgan fingerprint density at radius 3 is 2.46 bits per heavy atom. The molecule has 0 atom stereocenters. The zero-order chi connectivity index (χ0) is 18.4. The molecule has 3 aromatic heterocycles. The first-order chi connectivity index (χ1) is 12.4. The summed E-state index contributed by atoms with van der Waals surface area (Å²) in [6.45, 7) is 8.01. The van der Waals surface area contributed by atoms with Crippen molar-refractivity contribution in [2.75, 3.05) is 0 Å². The van der Waals surface area contributed by atoms with Gasteiger partial charge in [-0.05, 0) is 44.0 Å². The lowest BCUT2D eigenvalue weighted by Gasteiger charge is -2.07. The molecule has 0 N–H and O–H groups in total. The summed E-state index contributed by atoms with van der Waals surface area (Å²) >= 11 is 0. The molecule has 4 rings (SSSR count). The fraction of sp³-hybridized carbons (Fsp3) is 0.263. The number of benzene rings is 1. The number of aromatic nitrogens is 5. The van der Waals surface area contributed by atoms with Crippen molar-refractivity contribution < 1.29 is 4.42 Å². The van der Waals surface area contributed by atoms with Gasteiger partial charge in [0, 0.05) is 6.92 Å². The van der Waals surface area contributed by atoms with E-state index in [1.165, 1.54) is 10.9 Å². The van der Waals surface area contributed by atoms with Crippen molar-refractivity contribution in [1.82, 2.24) is 24.3 Å². The lowest BCUT2D eigenvalue weighted by atomic mass is 10.1. The van der Waals surface area contributed by atoms with Crippen LogP contribution in [0.4, 0.5) is 0 Å². The molecule has 0 spiro atoms. The van der Waals surface area contributed by atoms with E-state index in [0.717, 1.165) is 22.5 Å². The van der Waals surface area contributed by atoms with Crippen molar-refractivity contribution in [2.24, 2.45) is 0 Å². The standard InChI is InChI=1S/C19H19N5O2/c1-11-5-12(2)7-15(6-11)24-18-16(8-21-24)19(25)23(10-20-18)9-17-13(3)22-14(4)26-17/h5-8,10H,9H2,1-4H3. The topological polar surface area (TPSA) is 78.7 Å². The molecule has 0 fully saturated rings. The largest absolute Gasteiger partial charge is 0.444 e. The molecule has 0 aliphatic rings. The van der Waals surface area contributed by atoms with Crippen LogP contribution in [-0.2, 0) is 6.54 Å². The third kappa shape index (κ3) is 2.71. The predicted molar refractivity (Wildman–Crippen MR) is 97.7 cm³/mol. The Bertz CT molecular complexity index is 1160. The van der Waals surface area contributed by atoms with Crippen LogP contribution < -0.4 is 5.56 Å². The highest BCUT2D eigenvalue weighted by atomic mass is 16.4. The maximum atomic E-state index is 12.8. The molecular formula is C19H19N5O2. The third-order valence-corrected chi connectivity index (χ3v) is 4.32. The van der Waals surface area contributed by atoms with E-state index in [0.29, 0.717) is 29.2 Å². The minimum atomic E-state index is -0.154. The van der Waals surface area contributed by atoms with Gasteiger partial charge >= 0.3 is 0 Å². The van der Waals surface area contributed by atoms with E-state index in [1.54, 1.807) is 17.8 Å². The lowest BCUT2D eigenvalue weighted by Crippen LogP contribution is -2.21. The first-order valence-electron chi connectivity index (χ1n) is 8.37. The Morgan fingerprint density at radius 2 is 1.81 bits per heavy atom. The molecule has 3 heterocycles. The summed E-state index contributed by atoms with van der Waals surface area (Å²) < 4.78 is 8.78. The number of oxazole rings is 1. The van der Waals surface area contributed by atoms with E-state index >= 15 is 0 Å². The highest BCUT2D eigenvalue weighted by Gasteiger charge is 2.14. The van der Waals surface area contributed by atoms with Gasteiger partial charge in [-0.1, -0.05) is 6.07 Å². The molecule has 0 amide bonds. The monoisotopic (exact) mass is 349 g/mol. The molecule has 0 radical (unpaired) electrons. The first kappa shape index (κ1) is 16.3. The second-order valence-corrected chi connectivity index (χ2v) is 6.56. The summed E-state index contributed by atoms with van der Waals surface area (Å²) in [6.07, 6.45) is 3.10. The van der Waals surface area contributed by atoms with Crippen molar-refractivity contribution in [3.63, 3.8) is 0 Å². The fourth-order valence-electron chi connectivity index (χ4n) is 3.20. The predicted octanol–water partition coefficient (Wildman–Crippen LogP) is 2.85. The molecule has 7 nitrogen and oxygen atoms in total. The van der Waals surface area contributed by atoms with Gasteiger partial charge in [-0.15, -0.1) is 0 Å². The minimum Gasteiger partial charge on any atom is -0.444 e. The van der Waals surface area contributed by atoms with Crippen LogP contribution in [-0.4, -0.2) is 24.3 Å². The highest BCUT2D eigenvalue weighted by Crippen LogP contribution is 2.17. The zero-order valence-electron chi connectivity index (χ0n) is 15.1. The van der Waals surface area contributed by atoms with Gasteiger partial charge in [-0.25, -0.2) is 14.6 Å². The molecule has 7 heteroatoms. The summed E-state index contributed by atoms with van der Waals surface area (Å²) in [5.74, 6) is 1.25. The summed E-state index contributed by atoms with van der Waals surface area (Å²) in [7, 11) is 0. The van der Waals surface area contributed by atoms with Gasteiger partial charge in [0.1, 0.15) is 17.5 Å². The second kappa shape index (κ2) is 5.94. The maximum Gasteiger partial charge on any atom is 0.264 e. The molecule has 0 saturated carbocycles. The first-order valence-corrected chi connectivity index (χ1v) is 8.37. The molecule has 0 bridgehead atoms. The number of fused-ring (bicyclic) bond motifs is 1. The van der Waals surface area contributed by atoms with Crippen LogP contribution in [0.2, 0.25) is 0 Å². The van der Waals surface area contributed by atoms with Crippen LogP contribution in [0.5, 0.6) is 0 Å². The highest BCUT2D eigenvalue weighted by molar-refractivity contribution is 5.75. The average molecular weight is 349 g/mol. The number of nitrogens with zero attached hydrogens (tertiary/aromatic N) is 5. The van der Waals surface area contributed by atoms with Crippen molar-refractivity contribution in [1.29, 1.82) is 0 Å².